The van der Waals surface area contributed by atoms with Crippen LogP contribution in [0, 0.1) is 0 Å². The number of nitrogens with zero attached hydrogens (tertiary/aromatic N) is 3. The van der Waals surface area contributed by atoms with Gasteiger partial charge in [-0.3, -0.25) is 4.79 Å². The molecule has 0 unspecified atom stereocenters. The molecular formula is C17H19ClN4O2. The van der Waals surface area contributed by atoms with Crippen LogP contribution in [0.1, 0.15) is 41.8 Å². The molecule has 7 heteroatoms. The van der Waals surface area contributed by atoms with Gasteiger partial charge in [0, 0.05) is 25.4 Å². The van der Waals surface area contributed by atoms with Gasteiger partial charge < -0.3 is 9.32 Å². The van der Waals surface area contributed by atoms with Gasteiger partial charge >= 0.3 is 0 Å². The first kappa shape index (κ1) is 16.5. The number of hydrogen-bond donors (Lipinski definition) is 1. The largest absolute Gasteiger partial charge is 0.440 e. The summed E-state index contributed by atoms with van der Waals surface area (Å²) in [7, 11) is 0. The van der Waals surface area contributed by atoms with Crippen molar-refractivity contribution >= 4 is 29.6 Å². The van der Waals surface area contributed by atoms with Crippen LogP contribution in [0.2, 0.25) is 5.15 Å². The Morgan fingerprint density at radius 1 is 1.25 bits per heavy atom. The Balaban J connectivity index is 1.59. The van der Waals surface area contributed by atoms with E-state index in [4.69, 9.17) is 16.0 Å². The number of carbonyl (C=O) groups excluding carboxylic acids is 1. The number of anilines is 1. The number of nitrogens with one attached hydrogen (secondary N) is 1. The van der Waals surface area contributed by atoms with Crippen molar-refractivity contribution in [1.29, 1.82) is 0 Å². The molecule has 3 rings (SSSR count). The van der Waals surface area contributed by atoms with Gasteiger partial charge in [0.1, 0.15) is 10.9 Å². The molecule has 126 valence electrons. The summed E-state index contributed by atoms with van der Waals surface area (Å²) in [5.74, 6) is 1.02. The molecule has 0 aliphatic carbocycles. The third kappa shape index (κ3) is 4.14. The van der Waals surface area contributed by atoms with E-state index in [0.717, 1.165) is 19.0 Å². The monoisotopic (exact) mass is 346 g/mol. The first-order valence-electron chi connectivity index (χ1n) is 8.03. The molecule has 24 heavy (non-hydrogen) atoms. The van der Waals surface area contributed by atoms with Crippen LogP contribution in [0.25, 0.3) is 0 Å². The highest BCUT2D eigenvalue weighted by molar-refractivity contribution is 6.32. The van der Waals surface area contributed by atoms with Gasteiger partial charge in [0.2, 0.25) is 0 Å². The summed E-state index contributed by atoms with van der Waals surface area (Å²) in [6.45, 7) is 2.03. The van der Waals surface area contributed by atoms with Crippen molar-refractivity contribution in [3.05, 3.63) is 46.9 Å². The van der Waals surface area contributed by atoms with Gasteiger partial charge in [0.15, 0.2) is 5.88 Å². The van der Waals surface area contributed by atoms with Crippen LogP contribution in [0.4, 0.5) is 5.88 Å². The van der Waals surface area contributed by atoms with Gasteiger partial charge in [-0.05, 0) is 31.0 Å². The van der Waals surface area contributed by atoms with Crippen molar-refractivity contribution in [2.75, 3.05) is 18.0 Å². The number of aromatic nitrogens is 1. The number of furan rings is 1. The standard InChI is InChI=1S/C17H19ClN4O2/c18-16-14(6-5-9-19-16)17(23)21-20-12-13-7-8-15(24-13)22-10-3-1-2-4-11-22/h5-9,12H,1-4,10-11H2,(H,21,23). The fourth-order valence-electron chi connectivity index (χ4n) is 2.64. The highest BCUT2D eigenvalue weighted by Crippen LogP contribution is 2.21. The van der Waals surface area contributed by atoms with E-state index in [2.05, 4.69) is 20.4 Å². The van der Waals surface area contributed by atoms with Crippen LogP contribution in [0.15, 0.2) is 40.0 Å². The number of hydrazone groups is 1. The van der Waals surface area contributed by atoms with E-state index in [1.54, 1.807) is 12.1 Å². The molecule has 6 nitrogen and oxygen atoms in total. The highest BCUT2D eigenvalue weighted by atomic mass is 35.5. The summed E-state index contributed by atoms with van der Waals surface area (Å²) >= 11 is 5.87. The summed E-state index contributed by atoms with van der Waals surface area (Å²) in [4.78, 5) is 18.1. The van der Waals surface area contributed by atoms with E-state index >= 15 is 0 Å². The van der Waals surface area contributed by atoms with Crippen molar-refractivity contribution in [1.82, 2.24) is 10.4 Å². The number of halogens is 1. The van der Waals surface area contributed by atoms with E-state index < -0.39 is 5.91 Å². The van der Waals surface area contributed by atoms with Gasteiger partial charge in [-0.2, -0.15) is 5.10 Å². The molecule has 0 radical (unpaired) electrons. The zero-order chi connectivity index (χ0) is 16.8. The van der Waals surface area contributed by atoms with E-state index in [0.29, 0.717) is 5.76 Å². The second-order valence-electron chi connectivity index (χ2n) is 5.62. The van der Waals surface area contributed by atoms with Crippen LogP contribution in [0.5, 0.6) is 0 Å². The summed E-state index contributed by atoms with van der Waals surface area (Å²) in [6.07, 6.45) is 7.92. The first-order chi connectivity index (χ1) is 11.7. The molecule has 2 aromatic rings. The predicted molar refractivity (Wildman–Crippen MR) is 93.7 cm³/mol. The van der Waals surface area contributed by atoms with Gasteiger partial charge in [-0.25, -0.2) is 10.4 Å². The predicted octanol–water partition coefficient (Wildman–Crippen LogP) is 3.47. The topological polar surface area (TPSA) is 70.7 Å². The SMILES string of the molecule is O=C(NN=Cc1ccc(N2CCCCCC2)o1)c1cccnc1Cl. The Kier molecular flexibility index (Phi) is 5.48. The van der Waals surface area contributed by atoms with Gasteiger partial charge in [0.25, 0.3) is 5.91 Å². The second-order valence-corrected chi connectivity index (χ2v) is 5.98. The quantitative estimate of drug-likeness (QED) is 0.522. The summed E-state index contributed by atoms with van der Waals surface area (Å²) in [6, 6.07) is 7.01. The molecule has 0 aromatic carbocycles. The van der Waals surface area contributed by atoms with Crippen molar-refractivity contribution in [2.24, 2.45) is 5.10 Å². The second kappa shape index (κ2) is 7.97. The third-order valence-electron chi connectivity index (χ3n) is 3.89. The summed E-state index contributed by atoms with van der Waals surface area (Å²) in [5.41, 5.74) is 2.70. The molecule has 0 atom stereocenters. The fraction of sp³-hybridized carbons (Fsp3) is 0.353. The third-order valence-corrected chi connectivity index (χ3v) is 4.19. The van der Waals surface area contributed by atoms with E-state index in [1.807, 2.05) is 12.1 Å². The zero-order valence-corrected chi connectivity index (χ0v) is 14.0. The minimum absolute atomic E-state index is 0.145. The van der Waals surface area contributed by atoms with Crippen LogP contribution < -0.4 is 10.3 Å². The lowest BCUT2D eigenvalue weighted by Gasteiger charge is -2.18. The van der Waals surface area contributed by atoms with Crippen LogP contribution in [-0.4, -0.2) is 30.2 Å². The van der Waals surface area contributed by atoms with E-state index in [9.17, 15) is 4.79 Å². The Morgan fingerprint density at radius 3 is 2.79 bits per heavy atom. The first-order valence-corrected chi connectivity index (χ1v) is 8.40. The lowest BCUT2D eigenvalue weighted by molar-refractivity contribution is 0.0955. The molecule has 1 aliphatic heterocycles. The lowest BCUT2D eigenvalue weighted by Crippen LogP contribution is -2.23. The van der Waals surface area contributed by atoms with Crippen molar-refractivity contribution < 1.29 is 9.21 Å². The summed E-state index contributed by atoms with van der Waals surface area (Å²) < 4.78 is 5.78. The van der Waals surface area contributed by atoms with Crippen LogP contribution in [-0.2, 0) is 0 Å². The van der Waals surface area contributed by atoms with Gasteiger partial charge in [-0.1, -0.05) is 24.4 Å². The number of pyridine rings is 1. The average Bonchev–Trinajstić information content (AvgIpc) is 2.89. The van der Waals surface area contributed by atoms with Crippen LogP contribution >= 0.6 is 11.6 Å². The summed E-state index contributed by atoms with van der Waals surface area (Å²) in [5, 5.41) is 4.06. The molecule has 1 fully saturated rings. The Bertz CT molecular complexity index is 721. The number of rotatable bonds is 4. The minimum atomic E-state index is -0.413. The molecule has 2 aromatic heterocycles. The Hall–Kier alpha value is -2.34. The lowest BCUT2D eigenvalue weighted by atomic mass is 10.2. The molecular weight excluding hydrogens is 328 g/mol. The molecule has 1 N–H and O–H groups in total. The van der Waals surface area contributed by atoms with Crippen molar-refractivity contribution in [3.63, 3.8) is 0 Å². The maximum Gasteiger partial charge on any atom is 0.274 e. The van der Waals surface area contributed by atoms with Gasteiger partial charge in [-0.15, -0.1) is 0 Å². The highest BCUT2D eigenvalue weighted by Gasteiger charge is 2.13. The maximum absolute atomic E-state index is 12.0. The number of carbonyl (C=O) groups is 1. The molecule has 1 saturated heterocycles. The van der Waals surface area contributed by atoms with Crippen molar-refractivity contribution in [3.8, 4) is 0 Å². The molecule has 1 aliphatic rings. The minimum Gasteiger partial charge on any atom is -0.440 e. The zero-order valence-electron chi connectivity index (χ0n) is 13.2. The normalized spacial score (nSPS) is 15.5. The average molecular weight is 347 g/mol. The van der Waals surface area contributed by atoms with Crippen LogP contribution in [0.3, 0.4) is 0 Å². The molecule has 0 saturated carbocycles. The smallest absolute Gasteiger partial charge is 0.274 e. The molecule has 3 heterocycles. The number of amides is 1. The Morgan fingerprint density at radius 2 is 2.04 bits per heavy atom. The van der Waals surface area contributed by atoms with Crippen molar-refractivity contribution in [2.45, 2.75) is 25.7 Å². The molecule has 1 amide bonds. The molecule has 0 spiro atoms. The van der Waals surface area contributed by atoms with Gasteiger partial charge in [0.05, 0.1) is 11.8 Å². The fourth-order valence-corrected chi connectivity index (χ4v) is 2.85. The van der Waals surface area contributed by atoms with E-state index in [1.165, 1.54) is 38.1 Å². The molecule has 0 bridgehead atoms. The number of hydrogen-bond acceptors (Lipinski definition) is 5. The maximum atomic E-state index is 12.0. The Labute approximate surface area is 145 Å². The van der Waals surface area contributed by atoms with E-state index in [-0.39, 0.29) is 10.7 Å².